The van der Waals surface area contributed by atoms with E-state index in [9.17, 15) is 9.59 Å². The molecule has 2 rings (SSSR count). The minimum absolute atomic E-state index is 0.397. The molecule has 124 valence electrons. The number of aryl methyl sites for hydroxylation is 2. The van der Waals surface area contributed by atoms with Crippen LogP contribution in [0.2, 0.25) is 5.02 Å². The second-order valence-electron chi connectivity index (χ2n) is 5.54. The van der Waals surface area contributed by atoms with Crippen LogP contribution in [0.3, 0.4) is 0 Å². The van der Waals surface area contributed by atoms with Gasteiger partial charge in [0.15, 0.2) is 5.78 Å². The molecule has 2 aromatic carbocycles. The molecule has 0 saturated heterocycles. The Labute approximate surface area is 145 Å². The van der Waals surface area contributed by atoms with Crippen LogP contribution in [-0.2, 0) is 9.59 Å². The Kier molecular flexibility index (Phi) is 5.82. The third-order valence-corrected chi connectivity index (χ3v) is 3.64. The minimum atomic E-state index is -1.22. The maximum absolute atomic E-state index is 12.3. The molecule has 0 aliphatic rings. The summed E-state index contributed by atoms with van der Waals surface area (Å²) in [6.07, 6.45) is 0. The van der Waals surface area contributed by atoms with Crippen LogP contribution in [0.5, 0.6) is 0 Å². The number of benzene rings is 2. The Morgan fingerprint density at radius 3 is 2.25 bits per heavy atom. The van der Waals surface area contributed by atoms with Crippen LogP contribution in [-0.4, -0.2) is 17.7 Å². The number of carbonyl (C=O) groups is 2. The summed E-state index contributed by atoms with van der Waals surface area (Å²) in [5.41, 5.74) is 3.07. The number of nitrogens with one attached hydrogen (secondary N) is 1. The number of rotatable bonds is 5. The highest BCUT2D eigenvalue weighted by Crippen LogP contribution is 2.26. The highest BCUT2D eigenvalue weighted by atomic mass is 35.5. The normalized spacial score (nSPS) is 12.2. The zero-order chi connectivity index (χ0) is 17.7. The van der Waals surface area contributed by atoms with E-state index in [1.807, 2.05) is 32.0 Å². The van der Waals surface area contributed by atoms with Gasteiger partial charge in [0.1, 0.15) is 5.69 Å². The molecule has 1 N–H and O–H groups in total. The lowest BCUT2D eigenvalue weighted by atomic mass is 10.2. The van der Waals surface area contributed by atoms with Crippen molar-refractivity contribution in [1.29, 1.82) is 0 Å². The fourth-order valence-corrected chi connectivity index (χ4v) is 2.25. The number of Topliss-reactive ketones (excluding diaryl/α,β-unsaturated/α-hetero) is 1. The molecular weight excluding hydrogens is 326 g/mol. The number of hydrogen-bond acceptors (Lipinski definition) is 4. The van der Waals surface area contributed by atoms with Gasteiger partial charge in [-0.3, -0.25) is 9.59 Å². The number of azo groups is 1. The predicted octanol–water partition coefficient (Wildman–Crippen LogP) is 4.64. The van der Waals surface area contributed by atoms with Crippen molar-refractivity contribution in [2.24, 2.45) is 10.2 Å². The molecule has 5 nitrogen and oxygen atoms in total. The van der Waals surface area contributed by atoms with Crippen molar-refractivity contribution >= 4 is 34.7 Å². The van der Waals surface area contributed by atoms with Crippen LogP contribution >= 0.6 is 11.6 Å². The summed E-state index contributed by atoms with van der Waals surface area (Å²) in [5, 5.41) is 10.9. The van der Waals surface area contributed by atoms with Gasteiger partial charge in [-0.1, -0.05) is 35.4 Å². The van der Waals surface area contributed by atoms with E-state index in [0.717, 1.165) is 11.1 Å². The summed E-state index contributed by atoms with van der Waals surface area (Å²) >= 11 is 6.08. The standard InChI is InChI=1S/C18H18ClN3O2/c1-11-4-7-14(8-5-11)20-18(24)17(13(3)23)22-21-16-9-6-12(2)10-15(16)19/h4-10,17H,1-3H3,(H,20,24). The van der Waals surface area contributed by atoms with Crippen molar-refractivity contribution in [3.8, 4) is 0 Å². The number of amides is 1. The van der Waals surface area contributed by atoms with Gasteiger partial charge in [0, 0.05) is 5.69 Å². The van der Waals surface area contributed by atoms with Gasteiger partial charge in [0.2, 0.25) is 6.04 Å². The number of anilines is 1. The molecule has 6 heteroatoms. The van der Waals surface area contributed by atoms with Crippen molar-refractivity contribution in [3.63, 3.8) is 0 Å². The van der Waals surface area contributed by atoms with E-state index < -0.39 is 17.7 Å². The van der Waals surface area contributed by atoms with Gasteiger partial charge in [0.05, 0.1) is 5.02 Å². The van der Waals surface area contributed by atoms with Gasteiger partial charge in [-0.25, -0.2) is 0 Å². The smallest absolute Gasteiger partial charge is 0.258 e. The second kappa shape index (κ2) is 7.84. The first-order chi connectivity index (χ1) is 11.4. The highest BCUT2D eigenvalue weighted by Gasteiger charge is 2.23. The molecule has 0 fully saturated rings. The molecule has 0 aliphatic carbocycles. The van der Waals surface area contributed by atoms with Gasteiger partial charge in [0.25, 0.3) is 5.91 Å². The molecule has 0 radical (unpaired) electrons. The molecule has 0 aromatic heterocycles. The fraction of sp³-hybridized carbons (Fsp3) is 0.222. The number of ketones is 1. The van der Waals surface area contributed by atoms with E-state index in [1.54, 1.807) is 24.3 Å². The molecular formula is C18H18ClN3O2. The molecule has 0 heterocycles. The van der Waals surface area contributed by atoms with E-state index in [-0.39, 0.29) is 0 Å². The van der Waals surface area contributed by atoms with Crippen LogP contribution in [0.25, 0.3) is 0 Å². The van der Waals surface area contributed by atoms with Crippen molar-refractivity contribution in [2.75, 3.05) is 5.32 Å². The van der Waals surface area contributed by atoms with E-state index in [2.05, 4.69) is 15.5 Å². The maximum atomic E-state index is 12.3. The summed E-state index contributed by atoms with van der Waals surface area (Å²) < 4.78 is 0. The zero-order valence-electron chi connectivity index (χ0n) is 13.7. The third-order valence-electron chi connectivity index (χ3n) is 3.34. The highest BCUT2D eigenvalue weighted by molar-refractivity contribution is 6.33. The van der Waals surface area contributed by atoms with Gasteiger partial charge in [-0.15, -0.1) is 0 Å². The lowest BCUT2D eigenvalue weighted by Gasteiger charge is -2.09. The Morgan fingerprint density at radius 1 is 1.04 bits per heavy atom. The van der Waals surface area contributed by atoms with Gasteiger partial charge < -0.3 is 5.32 Å². The Hall–Kier alpha value is -2.53. The summed E-state index contributed by atoms with van der Waals surface area (Å²) in [6, 6.07) is 11.3. The van der Waals surface area contributed by atoms with Crippen LogP contribution in [0.15, 0.2) is 52.7 Å². The Balaban J connectivity index is 2.16. The SMILES string of the molecule is CC(=O)C(N=Nc1ccc(C)cc1Cl)C(=O)Nc1ccc(C)cc1. The average Bonchev–Trinajstić information content (AvgIpc) is 2.51. The van der Waals surface area contributed by atoms with E-state index in [1.165, 1.54) is 6.92 Å². The zero-order valence-corrected chi connectivity index (χ0v) is 14.5. The van der Waals surface area contributed by atoms with E-state index in [0.29, 0.717) is 16.4 Å². The number of carbonyl (C=O) groups excluding carboxylic acids is 2. The molecule has 1 unspecified atom stereocenters. The van der Waals surface area contributed by atoms with Crippen molar-refractivity contribution in [2.45, 2.75) is 26.8 Å². The maximum Gasteiger partial charge on any atom is 0.258 e. The minimum Gasteiger partial charge on any atom is -0.324 e. The Bertz CT molecular complexity index is 785. The summed E-state index contributed by atoms with van der Waals surface area (Å²) in [7, 11) is 0. The van der Waals surface area contributed by atoms with Crippen molar-refractivity contribution in [3.05, 3.63) is 58.6 Å². The summed E-state index contributed by atoms with van der Waals surface area (Å²) in [5.74, 6) is -0.926. The lowest BCUT2D eigenvalue weighted by molar-refractivity contribution is -0.126. The molecule has 24 heavy (non-hydrogen) atoms. The largest absolute Gasteiger partial charge is 0.324 e. The average molecular weight is 344 g/mol. The molecule has 0 spiro atoms. The van der Waals surface area contributed by atoms with Crippen molar-refractivity contribution in [1.82, 2.24) is 0 Å². The molecule has 0 saturated carbocycles. The first kappa shape index (κ1) is 17.8. The van der Waals surface area contributed by atoms with Crippen LogP contribution in [0.1, 0.15) is 18.1 Å². The van der Waals surface area contributed by atoms with E-state index >= 15 is 0 Å². The topological polar surface area (TPSA) is 70.9 Å². The first-order valence-electron chi connectivity index (χ1n) is 7.42. The number of nitrogens with zero attached hydrogens (tertiary/aromatic N) is 2. The van der Waals surface area contributed by atoms with Crippen LogP contribution in [0.4, 0.5) is 11.4 Å². The monoisotopic (exact) mass is 343 g/mol. The fourth-order valence-electron chi connectivity index (χ4n) is 1.98. The lowest BCUT2D eigenvalue weighted by Crippen LogP contribution is -2.31. The predicted molar refractivity (Wildman–Crippen MR) is 95.0 cm³/mol. The molecule has 2 aromatic rings. The number of hydrogen-bond donors (Lipinski definition) is 1. The quantitative estimate of drug-likeness (QED) is 0.634. The third kappa shape index (κ3) is 4.73. The van der Waals surface area contributed by atoms with E-state index in [4.69, 9.17) is 11.6 Å². The molecule has 1 atom stereocenters. The molecule has 0 bridgehead atoms. The van der Waals surface area contributed by atoms with Crippen molar-refractivity contribution < 1.29 is 9.59 Å². The number of halogens is 1. The van der Waals surface area contributed by atoms with Gasteiger partial charge in [-0.05, 0) is 50.6 Å². The molecule has 0 aliphatic heterocycles. The summed E-state index contributed by atoms with van der Waals surface area (Å²) in [6.45, 7) is 5.15. The van der Waals surface area contributed by atoms with Crippen LogP contribution in [0, 0.1) is 13.8 Å². The Morgan fingerprint density at radius 2 is 1.67 bits per heavy atom. The second-order valence-corrected chi connectivity index (χ2v) is 5.95. The summed E-state index contributed by atoms with van der Waals surface area (Å²) in [4.78, 5) is 24.0. The van der Waals surface area contributed by atoms with Gasteiger partial charge in [-0.2, -0.15) is 10.2 Å². The van der Waals surface area contributed by atoms with Crippen LogP contribution < -0.4 is 5.32 Å². The van der Waals surface area contributed by atoms with Gasteiger partial charge >= 0.3 is 0 Å². The molecule has 1 amide bonds. The first-order valence-corrected chi connectivity index (χ1v) is 7.79.